The molecule has 38 heavy (non-hydrogen) atoms. The van der Waals surface area contributed by atoms with E-state index in [1.807, 2.05) is 44.2 Å². The molecule has 0 bridgehead atoms. The lowest BCUT2D eigenvalue weighted by molar-refractivity contribution is 0.102. The first-order valence-corrected chi connectivity index (χ1v) is 13.0. The molecule has 0 spiro atoms. The second-order valence-electron chi connectivity index (χ2n) is 9.52. The second kappa shape index (κ2) is 9.47. The van der Waals surface area contributed by atoms with Crippen LogP contribution < -0.4 is 5.32 Å². The van der Waals surface area contributed by atoms with Gasteiger partial charge in [0.05, 0.1) is 34.0 Å². The van der Waals surface area contributed by atoms with Crippen molar-refractivity contribution in [3.05, 3.63) is 66.1 Å². The number of thiophene rings is 1. The van der Waals surface area contributed by atoms with E-state index < -0.39 is 6.23 Å². The normalized spacial score (nSPS) is 12.4. The number of carbonyl (C=O) groups is 1. The highest BCUT2D eigenvalue weighted by atomic mass is 32.1. The van der Waals surface area contributed by atoms with Crippen LogP contribution in [-0.4, -0.2) is 47.3 Å². The van der Waals surface area contributed by atoms with Crippen molar-refractivity contribution in [2.24, 2.45) is 5.92 Å². The Kier molecular flexibility index (Phi) is 5.97. The van der Waals surface area contributed by atoms with Crippen LogP contribution in [0.2, 0.25) is 0 Å². The number of hydrogen-bond donors (Lipinski definition) is 4. The number of pyridine rings is 2. The van der Waals surface area contributed by atoms with Crippen LogP contribution in [-0.2, 0) is 0 Å². The van der Waals surface area contributed by atoms with Gasteiger partial charge < -0.3 is 15.4 Å². The standard InChI is InChI=1S/C28H25N7O2S/c1-14(2)28(37)31-18-8-17(10-29-11-18)16-4-5-21-19(9-16)26(35-34-21)27-32-22-13-30-12-20(25(22)33-27)24-7-6-23(38-24)15(3)36/h4-14,28,31,37H,1-3H3,(H,32,33)(H,34,35). The van der Waals surface area contributed by atoms with Gasteiger partial charge in [0.2, 0.25) is 0 Å². The molecule has 0 aliphatic carbocycles. The minimum absolute atomic E-state index is 0.0375. The van der Waals surface area contributed by atoms with Crippen LogP contribution in [0.5, 0.6) is 0 Å². The third-order valence-electron chi connectivity index (χ3n) is 6.42. The van der Waals surface area contributed by atoms with Crippen LogP contribution in [0.3, 0.4) is 0 Å². The van der Waals surface area contributed by atoms with Crippen molar-refractivity contribution in [3.8, 4) is 33.1 Å². The van der Waals surface area contributed by atoms with Gasteiger partial charge in [-0.3, -0.25) is 19.9 Å². The second-order valence-corrected chi connectivity index (χ2v) is 10.6. The van der Waals surface area contributed by atoms with E-state index in [1.54, 1.807) is 31.7 Å². The highest BCUT2D eigenvalue weighted by Gasteiger charge is 2.18. The van der Waals surface area contributed by atoms with E-state index in [4.69, 9.17) is 4.98 Å². The lowest BCUT2D eigenvalue weighted by atomic mass is 10.0. The highest BCUT2D eigenvalue weighted by molar-refractivity contribution is 7.17. The van der Waals surface area contributed by atoms with Crippen LogP contribution in [0.15, 0.2) is 61.2 Å². The molecule has 0 saturated carbocycles. The maximum Gasteiger partial charge on any atom is 0.169 e. The Morgan fingerprint density at radius 2 is 1.84 bits per heavy atom. The number of nitrogens with one attached hydrogen (secondary N) is 3. The van der Waals surface area contributed by atoms with Crippen LogP contribution in [0.25, 0.3) is 55.0 Å². The number of carbonyl (C=O) groups excluding carboxylic acids is 1. The van der Waals surface area contributed by atoms with Gasteiger partial charge in [-0.25, -0.2) is 4.98 Å². The number of anilines is 1. The van der Waals surface area contributed by atoms with Gasteiger partial charge in [0.25, 0.3) is 0 Å². The summed E-state index contributed by atoms with van der Waals surface area (Å²) < 4.78 is 0. The summed E-state index contributed by atoms with van der Waals surface area (Å²) in [6.07, 6.45) is 6.34. The molecule has 9 nitrogen and oxygen atoms in total. The Hall–Kier alpha value is -4.41. The Balaban J connectivity index is 1.40. The molecule has 0 amide bonds. The number of Topliss-reactive ketones (excluding diaryl/α,β-unsaturated/α-hetero) is 1. The fourth-order valence-corrected chi connectivity index (χ4v) is 5.20. The number of nitrogens with zero attached hydrogens (tertiary/aromatic N) is 4. The van der Waals surface area contributed by atoms with Gasteiger partial charge in [-0.05, 0) is 48.7 Å². The van der Waals surface area contributed by atoms with E-state index in [2.05, 4.69) is 36.5 Å². The zero-order valence-corrected chi connectivity index (χ0v) is 21.8. The highest BCUT2D eigenvalue weighted by Crippen LogP contribution is 2.35. The fourth-order valence-electron chi connectivity index (χ4n) is 4.29. The topological polar surface area (TPSA) is 132 Å². The lowest BCUT2D eigenvalue weighted by Gasteiger charge is -2.17. The van der Waals surface area contributed by atoms with Crippen molar-refractivity contribution in [2.45, 2.75) is 27.0 Å². The van der Waals surface area contributed by atoms with Gasteiger partial charge in [0, 0.05) is 33.8 Å². The number of benzene rings is 1. The predicted molar refractivity (Wildman–Crippen MR) is 150 cm³/mol. The predicted octanol–water partition coefficient (Wildman–Crippen LogP) is 5.88. The van der Waals surface area contributed by atoms with E-state index in [0.717, 1.165) is 49.2 Å². The molecule has 5 aromatic heterocycles. The van der Waals surface area contributed by atoms with Gasteiger partial charge in [-0.2, -0.15) is 5.10 Å². The first-order chi connectivity index (χ1) is 18.4. The molecule has 0 radical (unpaired) electrons. The third-order valence-corrected chi connectivity index (χ3v) is 7.64. The van der Waals surface area contributed by atoms with Gasteiger partial charge in [0.1, 0.15) is 17.4 Å². The molecule has 1 unspecified atom stereocenters. The number of aliphatic hydroxyl groups is 1. The van der Waals surface area contributed by atoms with E-state index >= 15 is 0 Å². The summed E-state index contributed by atoms with van der Waals surface area (Å²) >= 11 is 1.43. The number of H-pyrrole nitrogens is 2. The summed E-state index contributed by atoms with van der Waals surface area (Å²) in [6, 6.07) is 11.8. The summed E-state index contributed by atoms with van der Waals surface area (Å²) in [7, 11) is 0. The summed E-state index contributed by atoms with van der Waals surface area (Å²) in [5, 5.41) is 21.9. The van der Waals surface area contributed by atoms with Crippen LogP contribution >= 0.6 is 11.3 Å². The fraction of sp³-hybridized carbons (Fsp3) is 0.179. The van der Waals surface area contributed by atoms with Crippen molar-refractivity contribution >= 4 is 44.7 Å². The lowest BCUT2D eigenvalue weighted by Crippen LogP contribution is -2.24. The SMILES string of the molecule is CC(=O)c1ccc(-c2cncc3[nH]c(-c4n[nH]c5ccc(-c6cncc(NC(O)C(C)C)c6)cc45)nc23)s1. The van der Waals surface area contributed by atoms with Crippen LogP contribution in [0, 0.1) is 5.92 Å². The van der Waals surface area contributed by atoms with Crippen molar-refractivity contribution in [1.29, 1.82) is 0 Å². The minimum Gasteiger partial charge on any atom is -0.374 e. The number of rotatable bonds is 7. The number of aromatic amines is 2. The Labute approximate surface area is 222 Å². The van der Waals surface area contributed by atoms with Gasteiger partial charge in [0.15, 0.2) is 11.6 Å². The van der Waals surface area contributed by atoms with Crippen LogP contribution in [0.1, 0.15) is 30.4 Å². The molecular formula is C28H25N7O2S. The van der Waals surface area contributed by atoms with Crippen molar-refractivity contribution in [3.63, 3.8) is 0 Å². The maximum absolute atomic E-state index is 11.8. The van der Waals surface area contributed by atoms with E-state index in [-0.39, 0.29) is 11.7 Å². The number of hydrogen-bond acceptors (Lipinski definition) is 8. The molecule has 1 aromatic carbocycles. The zero-order chi connectivity index (χ0) is 26.4. The van der Waals surface area contributed by atoms with E-state index in [9.17, 15) is 9.90 Å². The van der Waals surface area contributed by atoms with Gasteiger partial charge in [-0.15, -0.1) is 11.3 Å². The average Bonchev–Trinajstić information content (AvgIpc) is 3.66. The molecule has 6 rings (SSSR count). The minimum atomic E-state index is -0.661. The van der Waals surface area contributed by atoms with Crippen molar-refractivity contribution < 1.29 is 9.90 Å². The summed E-state index contributed by atoms with van der Waals surface area (Å²) in [5.41, 5.74) is 6.61. The molecule has 1 atom stereocenters. The zero-order valence-electron chi connectivity index (χ0n) is 21.0. The molecule has 0 saturated heterocycles. The van der Waals surface area contributed by atoms with E-state index in [0.29, 0.717) is 16.4 Å². The van der Waals surface area contributed by atoms with Crippen molar-refractivity contribution in [1.82, 2.24) is 30.1 Å². The molecule has 10 heteroatoms. The van der Waals surface area contributed by atoms with Gasteiger partial charge >= 0.3 is 0 Å². The molecule has 5 heterocycles. The van der Waals surface area contributed by atoms with Crippen molar-refractivity contribution in [2.75, 3.05) is 5.32 Å². The quantitative estimate of drug-likeness (QED) is 0.152. The average molecular weight is 524 g/mol. The summed E-state index contributed by atoms with van der Waals surface area (Å²) in [5.74, 6) is 0.726. The number of imidazole rings is 1. The molecule has 190 valence electrons. The summed E-state index contributed by atoms with van der Waals surface area (Å²) in [4.78, 5) is 30.4. The Morgan fingerprint density at radius 1 is 1.00 bits per heavy atom. The monoisotopic (exact) mass is 523 g/mol. The molecule has 0 fully saturated rings. The molecule has 0 aliphatic rings. The Morgan fingerprint density at radius 3 is 2.63 bits per heavy atom. The number of aliphatic hydroxyl groups excluding tert-OH is 1. The first-order valence-electron chi connectivity index (χ1n) is 12.2. The number of aromatic nitrogens is 6. The number of ketones is 1. The smallest absolute Gasteiger partial charge is 0.169 e. The summed E-state index contributed by atoms with van der Waals surface area (Å²) in [6.45, 7) is 5.46. The first kappa shape index (κ1) is 24.0. The number of fused-ring (bicyclic) bond motifs is 2. The molecule has 4 N–H and O–H groups in total. The maximum atomic E-state index is 11.8. The Bertz CT molecular complexity index is 1800. The molecular weight excluding hydrogens is 498 g/mol. The van der Waals surface area contributed by atoms with Crippen LogP contribution in [0.4, 0.5) is 5.69 Å². The van der Waals surface area contributed by atoms with E-state index in [1.165, 1.54) is 11.3 Å². The largest absolute Gasteiger partial charge is 0.374 e. The third kappa shape index (κ3) is 4.33. The molecule has 0 aliphatic heterocycles. The molecule has 6 aromatic rings. The van der Waals surface area contributed by atoms with Gasteiger partial charge in [-0.1, -0.05) is 19.9 Å².